The maximum atomic E-state index is 13.5. The number of rotatable bonds is 3. The number of aryl methyl sites for hydroxylation is 1. The molecule has 0 unspecified atom stereocenters. The molecule has 2 amide bonds. The molecule has 27 heavy (non-hydrogen) atoms. The number of piperidine rings is 1. The van der Waals surface area contributed by atoms with Crippen LogP contribution < -0.4 is 0 Å². The molecule has 0 bridgehead atoms. The van der Waals surface area contributed by atoms with Crippen LogP contribution in [0.4, 0.5) is 4.39 Å². The Morgan fingerprint density at radius 2 is 2.04 bits per heavy atom. The number of carbonyl (C=O) groups excluding carboxylic acids is 2. The summed E-state index contributed by atoms with van der Waals surface area (Å²) < 4.78 is 15.0. The molecule has 7 nitrogen and oxygen atoms in total. The summed E-state index contributed by atoms with van der Waals surface area (Å²) in [5.74, 6) is -0.166. The van der Waals surface area contributed by atoms with Crippen molar-refractivity contribution in [3.63, 3.8) is 0 Å². The zero-order valence-corrected chi connectivity index (χ0v) is 15.3. The molecule has 2 aliphatic heterocycles. The Hall–Kier alpha value is -2.77. The van der Waals surface area contributed by atoms with E-state index in [1.54, 1.807) is 18.0 Å². The fourth-order valence-corrected chi connectivity index (χ4v) is 4.17. The van der Waals surface area contributed by atoms with Crippen molar-refractivity contribution < 1.29 is 14.0 Å². The van der Waals surface area contributed by atoms with Crippen molar-refractivity contribution in [1.29, 1.82) is 0 Å². The van der Waals surface area contributed by atoms with Crippen molar-refractivity contribution in [1.82, 2.24) is 24.6 Å². The first-order valence-corrected chi connectivity index (χ1v) is 9.17. The van der Waals surface area contributed by atoms with Crippen molar-refractivity contribution >= 4 is 11.8 Å². The first-order chi connectivity index (χ1) is 13.0. The van der Waals surface area contributed by atoms with Crippen LogP contribution in [-0.2, 0) is 18.4 Å². The van der Waals surface area contributed by atoms with Gasteiger partial charge in [-0.3, -0.25) is 14.3 Å². The van der Waals surface area contributed by atoms with Gasteiger partial charge in [-0.25, -0.2) is 9.37 Å². The molecule has 1 spiro atoms. The third-order valence-electron chi connectivity index (χ3n) is 5.68. The van der Waals surface area contributed by atoms with E-state index in [9.17, 15) is 14.0 Å². The van der Waals surface area contributed by atoms with Crippen LogP contribution in [0.15, 0.2) is 30.6 Å². The number of halogens is 1. The van der Waals surface area contributed by atoms with Crippen LogP contribution in [0, 0.1) is 5.82 Å². The Bertz CT molecular complexity index is 872. The standard InChI is InChI=1S/C19H22FN5O2/c1-23-13-21-17(22-23)18(27)24-9-7-19(8-10-24)6-5-16(26)25(19)12-14-3-2-4-15(20)11-14/h2-4,11,13H,5-10,12H2,1H3. The average Bonchev–Trinajstić information content (AvgIpc) is 3.21. The van der Waals surface area contributed by atoms with Gasteiger partial charge in [0.25, 0.3) is 5.91 Å². The van der Waals surface area contributed by atoms with Gasteiger partial charge in [0.05, 0.1) is 0 Å². The van der Waals surface area contributed by atoms with Crippen molar-refractivity contribution in [2.45, 2.75) is 37.8 Å². The lowest BCUT2D eigenvalue weighted by atomic mass is 9.84. The van der Waals surface area contributed by atoms with Gasteiger partial charge >= 0.3 is 0 Å². The number of hydrogen-bond acceptors (Lipinski definition) is 4. The van der Waals surface area contributed by atoms with Gasteiger partial charge in [-0.2, -0.15) is 0 Å². The predicted molar refractivity (Wildman–Crippen MR) is 95.1 cm³/mol. The number of hydrogen-bond donors (Lipinski definition) is 0. The fraction of sp³-hybridized carbons (Fsp3) is 0.474. The van der Waals surface area contributed by atoms with Gasteiger partial charge in [0.1, 0.15) is 12.1 Å². The van der Waals surface area contributed by atoms with Gasteiger partial charge < -0.3 is 9.80 Å². The van der Waals surface area contributed by atoms with E-state index in [-0.39, 0.29) is 29.0 Å². The van der Waals surface area contributed by atoms with Crippen LogP contribution in [0.2, 0.25) is 0 Å². The Balaban J connectivity index is 1.47. The maximum Gasteiger partial charge on any atom is 0.293 e. The zero-order chi connectivity index (χ0) is 19.0. The summed E-state index contributed by atoms with van der Waals surface area (Å²) in [4.78, 5) is 32.7. The van der Waals surface area contributed by atoms with Crippen LogP contribution in [-0.4, -0.2) is 55.0 Å². The summed E-state index contributed by atoms with van der Waals surface area (Å²) >= 11 is 0. The highest BCUT2D eigenvalue weighted by Gasteiger charge is 2.47. The summed E-state index contributed by atoms with van der Waals surface area (Å²) in [6.07, 6.45) is 4.23. The fourth-order valence-electron chi connectivity index (χ4n) is 4.17. The van der Waals surface area contributed by atoms with Gasteiger partial charge in [0.2, 0.25) is 11.7 Å². The second-order valence-electron chi connectivity index (χ2n) is 7.37. The van der Waals surface area contributed by atoms with Crippen molar-refractivity contribution in [3.05, 3.63) is 47.8 Å². The van der Waals surface area contributed by atoms with Crippen LogP contribution in [0.1, 0.15) is 41.9 Å². The summed E-state index contributed by atoms with van der Waals surface area (Å²) in [5.41, 5.74) is 0.540. The molecule has 1 aromatic heterocycles. The summed E-state index contributed by atoms with van der Waals surface area (Å²) in [7, 11) is 1.73. The van der Waals surface area contributed by atoms with E-state index in [1.807, 2.05) is 11.0 Å². The lowest BCUT2D eigenvalue weighted by Crippen LogP contribution is -2.54. The molecule has 2 aromatic rings. The molecule has 1 aromatic carbocycles. The molecule has 0 N–H and O–H groups in total. The number of amides is 2. The lowest BCUT2D eigenvalue weighted by molar-refractivity contribution is -0.133. The number of benzene rings is 1. The summed E-state index contributed by atoms with van der Waals surface area (Å²) in [6, 6.07) is 6.39. The SMILES string of the molecule is Cn1cnc(C(=O)N2CCC3(CCC(=O)N3Cc3cccc(F)c3)CC2)n1. The summed E-state index contributed by atoms with van der Waals surface area (Å²) in [5, 5.41) is 4.08. The van der Waals surface area contributed by atoms with E-state index in [1.165, 1.54) is 23.1 Å². The number of aromatic nitrogens is 3. The highest BCUT2D eigenvalue weighted by molar-refractivity contribution is 5.90. The first-order valence-electron chi connectivity index (χ1n) is 9.17. The van der Waals surface area contributed by atoms with E-state index in [0.717, 1.165) is 12.0 Å². The van der Waals surface area contributed by atoms with E-state index in [4.69, 9.17) is 0 Å². The normalized spacial score (nSPS) is 19.1. The molecule has 0 atom stereocenters. The minimum absolute atomic E-state index is 0.102. The molecule has 2 fully saturated rings. The Labute approximate surface area is 156 Å². The molecular weight excluding hydrogens is 349 g/mol. The zero-order valence-electron chi connectivity index (χ0n) is 15.3. The first kappa shape index (κ1) is 17.6. The van der Waals surface area contributed by atoms with E-state index in [2.05, 4.69) is 10.1 Å². The molecule has 8 heteroatoms. The van der Waals surface area contributed by atoms with Crippen molar-refractivity contribution in [2.24, 2.45) is 7.05 Å². The van der Waals surface area contributed by atoms with Crippen molar-refractivity contribution in [3.8, 4) is 0 Å². The molecule has 0 saturated carbocycles. The lowest BCUT2D eigenvalue weighted by Gasteiger charge is -2.44. The Morgan fingerprint density at radius 3 is 2.70 bits per heavy atom. The second kappa shape index (κ2) is 6.75. The molecule has 0 aliphatic carbocycles. The quantitative estimate of drug-likeness (QED) is 0.824. The minimum Gasteiger partial charge on any atom is -0.336 e. The molecule has 142 valence electrons. The average molecular weight is 371 g/mol. The predicted octanol–water partition coefficient (Wildman–Crippen LogP) is 1.75. The van der Waals surface area contributed by atoms with Crippen molar-refractivity contribution in [2.75, 3.05) is 13.1 Å². The molecule has 4 rings (SSSR count). The summed E-state index contributed by atoms with van der Waals surface area (Å²) in [6.45, 7) is 1.53. The number of carbonyl (C=O) groups is 2. The van der Waals surface area contributed by atoms with Crippen LogP contribution in [0.5, 0.6) is 0 Å². The molecule has 2 saturated heterocycles. The monoisotopic (exact) mass is 371 g/mol. The van der Waals surface area contributed by atoms with E-state index < -0.39 is 0 Å². The maximum absolute atomic E-state index is 13.5. The molecule has 2 aliphatic rings. The van der Waals surface area contributed by atoms with Crippen LogP contribution in [0.25, 0.3) is 0 Å². The molecular formula is C19H22FN5O2. The van der Waals surface area contributed by atoms with E-state index >= 15 is 0 Å². The molecule has 0 radical (unpaired) electrons. The highest BCUT2D eigenvalue weighted by Crippen LogP contribution is 2.40. The third kappa shape index (κ3) is 3.31. The Kier molecular flexibility index (Phi) is 4.41. The van der Waals surface area contributed by atoms with Gasteiger partial charge in [-0.05, 0) is 37.0 Å². The molecule has 3 heterocycles. The van der Waals surface area contributed by atoms with Gasteiger partial charge in [-0.1, -0.05) is 12.1 Å². The van der Waals surface area contributed by atoms with E-state index in [0.29, 0.717) is 38.9 Å². The van der Waals surface area contributed by atoms with Gasteiger partial charge in [-0.15, -0.1) is 5.10 Å². The second-order valence-corrected chi connectivity index (χ2v) is 7.37. The number of likely N-dealkylation sites (tertiary alicyclic amines) is 2. The van der Waals surface area contributed by atoms with Gasteiger partial charge in [0, 0.05) is 38.6 Å². The van der Waals surface area contributed by atoms with Gasteiger partial charge in [0.15, 0.2) is 0 Å². The largest absolute Gasteiger partial charge is 0.336 e. The smallest absolute Gasteiger partial charge is 0.293 e. The van der Waals surface area contributed by atoms with Crippen LogP contribution in [0.3, 0.4) is 0 Å². The minimum atomic E-state index is -0.295. The Morgan fingerprint density at radius 1 is 1.26 bits per heavy atom. The van der Waals surface area contributed by atoms with Crippen LogP contribution >= 0.6 is 0 Å². The number of nitrogens with zero attached hydrogens (tertiary/aromatic N) is 5. The highest BCUT2D eigenvalue weighted by atomic mass is 19.1. The third-order valence-corrected chi connectivity index (χ3v) is 5.68. The topological polar surface area (TPSA) is 71.3 Å².